The van der Waals surface area contributed by atoms with Gasteiger partial charge in [-0.25, -0.2) is 4.79 Å². The lowest BCUT2D eigenvalue weighted by Crippen LogP contribution is -2.11. The van der Waals surface area contributed by atoms with Gasteiger partial charge in [0.2, 0.25) is 0 Å². The zero-order valence-corrected chi connectivity index (χ0v) is 10.2. The van der Waals surface area contributed by atoms with Gasteiger partial charge in [0.15, 0.2) is 0 Å². The molecule has 3 rings (SSSR count). The van der Waals surface area contributed by atoms with Crippen LogP contribution < -0.4 is 5.69 Å². The fourth-order valence-electron chi connectivity index (χ4n) is 1.72. The van der Waals surface area contributed by atoms with E-state index in [-0.39, 0.29) is 5.69 Å². The van der Waals surface area contributed by atoms with Crippen molar-refractivity contribution in [1.82, 2.24) is 20.2 Å². The maximum absolute atomic E-state index is 11.5. The van der Waals surface area contributed by atoms with Gasteiger partial charge in [-0.15, -0.1) is 0 Å². The average molecular weight is 291 g/mol. The summed E-state index contributed by atoms with van der Waals surface area (Å²) in [6.07, 6.45) is 1.63. The van der Waals surface area contributed by atoms with E-state index >= 15 is 0 Å². The SMILES string of the molecule is O=c1nc(-c2ccn[nH]2)c2ccc(Br)cc2[nH]1. The molecule has 0 fully saturated rings. The van der Waals surface area contributed by atoms with E-state index in [2.05, 4.69) is 36.1 Å². The number of H-pyrrole nitrogens is 2. The summed E-state index contributed by atoms with van der Waals surface area (Å²) in [4.78, 5) is 18.2. The third-order valence-corrected chi connectivity index (χ3v) is 2.94. The summed E-state index contributed by atoms with van der Waals surface area (Å²) in [7, 11) is 0. The summed E-state index contributed by atoms with van der Waals surface area (Å²) >= 11 is 3.37. The van der Waals surface area contributed by atoms with Crippen LogP contribution in [-0.2, 0) is 0 Å². The fraction of sp³-hybridized carbons (Fsp3) is 0. The fourth-order valence-corrected chi connectivity index (χ4v) is 2.09. The molecule has 2 aromatic heterocycles. The molecule has 0 saturated heterocycles. The summed E-state index contributed by atoms with van der Waals surface area (Å²) in [5, 5.41) is 7.55. The number of benzene rings is 1. The first kappa shape index (κ1) is 10.2. The Hall–Kier alpha value is -1.95. The van der Waals surface area contributed by atoms with Crippen molar-refractivity contribution in [2.75, 3.05) is 0 Å². The lowest BCUT2D eigenvalue weighted by molar-refractivity contribution is 1.07. The molecule has 6 heteroatoms. The Kier molecular flexibility index (Phi) is 2.29. The van der Waals surface area contributed by atoms with E-state index in [9.17, 15) is 4.79 Å². The van der Waals surface area contributed by atoms with E-state index in [1.165, 1.54) is 0 Å². The molecule has 0 atom stereocenters. The Morgan fingerprint density at radius 1 is 1.24 bits per heavy atom. The predicted molar refractivity (Wildman–Crippen MR) is 67.6 cm³/mol. The summed E-state index contributed by atoms with van der Waals surface area (Å²) in [6.45, 7) is 0. The average Bonchev–Trinajstić information content (AvgIpc) is 2.80. The Balaban J connectivity index is 2.42. The first-order valence-electron chi connectivity index (χ1n) is 4.93. The van der Waals surface area contributed by atoms with Crippen LogP contribution in [0, 0.1) is 0 Å². The molecule has 3 aromatic rings. The third kappa shape index (κ3) is 1.76. The van der Waals surface area contributed by atoms with Crippen LogP contribution in [0.2, 0.25) is 0 Å². The second kappa shape index (κ2) is 3.81. The van der Waals surface area contributed by atoms with E-state index in [4.69, 9.17) is 0 Å². The highest BCUT2D eigenvalue weighted by Crippen LogP contribution is 2.24. The summed E-state index contributed by atoms with van der Waals surface area (Å²) in [6, 6.07) is 7.43. The Labute approximate surface area is 104 Å². The van der Waals surface area contributed by atoms with Crippen LogP contribution in [0.5, 0.6) is 0 Å². The monoisotopic (exact) mass is 290 g/mol. The number of rotatable bonds is 1. The van der Waals surface area contributed by atoms with Crippen molar-refractivity contribution in [2.45, 2.75) is 0 Å². The molecular formula is C11H7BrN4O. The molecule has 2 heterocycles. The van der Waals surface area contributed by atoms with Gasteiger partial charge in [0.1, 0.15) is 5.69 Å². The molecule has 0 radical (unpaired) electrons. The van der Waals surface area contributed by atoms with E-state index < -0.39 is 0 Å². The second-order valence-electron chi connectivity index (χ2n) is 3.55. The molecule has 84 valence electrons. The van der Waals surface area contributed by atoms with Crippen molar-refractivity contribution in [3.63, 3.8) is 0 Å². The Morgan fingerprint density at radius 3 is 2.88 bits per heavy atom. The van der Waals surface area contributed by atoms with Crippen LogP contribution in [0.3, 0.4) is 0 Å². The molecule has 0 aliphatic rings. The topological polar surface area (TPSA) is 74.4 Å². The summed E-state index contributed by atoms with van der Waals surface area (Å²) < 4.78 is 0.905. The molecule has 0 aliphatic heterocycles. The van der Waals surface area contributed by atoms with Crippen molar-refractivity contribution < 1.29 is 0 Å². The van der Waals surface area contributed by atoms with Gasteiger partial charge in [0.05, 0.1) is 11.2 Å². The van der Waals surface area contributed by atoms with Crippen LogP contribution in [0.4, 0.5) is 0 Å². The Morgan fingerprint density at radius 2 is 2.12 bits per heavy atom. The van der Waals surface area contributed by atoms with Crippen LogP contribution >= 0.6 is 15.9 Å². The number of fused-ring (bicyclic) bond motifs is 1. The Bertz CT molecular complexity index is 733. The largest absolute Gasteiger partial charge is 0.346 e. The molecule has 0 amide bonds. The number of hydrogen-bond donors (Lipinski definition) is 2. The smallest absolute Gasteiger partial charge is 0.305 e. The molecule has 17 heavy (non-hydrogen) atoms. The number of nitrogens with one attached hydrogen (secondary N) is 2. The normalized spacial score (nSPS) is 10.9. The van der Waals surface area contributed by atoms with Gasteiger partial charge in [-0.05, 0) is 24.3 Å². The molecule has 5 nitrogen and oxygen atoms in total. The van der Waals surface area contributed by atoms with E-state index in [0.29, 0.717) is 5.69 Å². The summed E-state index contributed by atoms with van der Waals surface area (Å²) in [5.74, 6) is 0. The van der Waals surface area contributed by atoms with Crippen molar-refractivity contribution >= 4 is 26.8 Å². The standard InChI is InChI=1S/C11H7BrN4O/c12-6-1-2-7-9(5-6)14-11(17)15-10(7)8-3-4-13-16-8/h1-5H,(H,13,16)(H,14,15,17). The minimum Gasteiger partial charge on any atom is -0.305 e. The molecule has 0 saturated carbocycles. The molecule has 0 bridgehead atoms. The maximum Gasteiger partial charge on any atom is 0.346 e. The zero-order chi connectivity index (χ0) is 11.8. The molecule has 0 unspecified atom stereocenters. The van der Waals surface area contributed by atoms with Crippen LogP contribution in [-0.4, -0.2) is 20.2 Å². The molecule has 2 N–H and O–H groups in total. The van der Waals surface area contributed by atoms with Crippen molar-refractivity contribution in [3.05, 3.63) is 45.4 Å². The third-order valence-electron chi connectivity index (χ3n) is 2.45. The van der Waals surface area contributed by atoms with E-state index in [1.54, 1.807) is 12.3 Å². The quantitative estimate of drug-likeness (QED) is 0.720. The van der Waals surface area contributed by atoms with Gasteiger partial charge in [-0.1, -0.05) is 15.9 Å². The summed E-state index contributed by atoms with van der Waals surface area (Å²) in [5.41, 5.74) is 1.70. The number of halogens is 1. The number of aromatic amines is 2. The van der Waals surface area contributed by atoms with Gasteiger partial charge in [0, 0.05) is 16.1 Å². The van der Waals surface area contributed by atoms with E-state index in [0.717, 1.165) is 21.1 Å². The number of hydrogen-bond acceptors (Lipinski definition) is 3. The second-order valence-corrected chi connectivity index (χ2v) is 4.47. The minimum atomic E-state index is -0.375. The molecule has 1 aromatic carbocycles. The van der Waals surface area contributed by atoms with Gasteiger partial charge < -0.3 is 4.98 Å². The van der Waals surface area contributed by atoms with Gasteiger partial charge >= 0.3 is 5.69 Å². The number of nitrogens with zero attached hydrogens (tertiary/aromatic N) is 2. The molecule has 0 aliphatic carbocycles. The van der Waals surface area contributed by atoms with Gasteiger partial charge in [0.25, 0.3) is 0 Å². The molecular weight excluding hydrogens is 284 g/mol. The van der Waals surface area contributed by atoms with Gasteiger partial charge in [-0.3, -0.25) is 5.10 Å². The highest BCUT2D eigenvalue weighted by molar-refractivity contribution is 9.10. The van der Waals surface area contributed by atoms with Crippen LogP contribution in [0.1, 0.15) is 0 Å². The van der Waals surface area contributed by atoms with E-state index in [1.807, 2.05) is 18.2 Å². The first-order valence-corrected chi connectivity index (χ1v) is 5.73. The lowest BCUT2D eigenvalue weighted by Gasteiger charge is -2.03. The maximum atomic E-state index is 11.5. The van der Waals surface area contributed by atoms with Crippen LogP contribution in [0.15, 0.2) is 39.7 Å². The van der Waals surface area contributed by atoms with Crippen molar-refractivity contribution in [2.24, 2.45) is 0 Å². The van der Waals surface area contributed by atoms with Crippen molar-refractivity contribution in [3.8, 4) is 11.4 Å². The minimum absolute atomic E-state index is 0.375. The van der Waals surface area contributed by atoms with Gasteiger partial charge in [-0.2, -0.15) is 10.1 Å². The van der Waals surface area contributed by atoms with Crippen LogP contribution in [0.25, 0.3) is 22.3 Å². The van der Waals surface area contributed by atoms with Crippen molar-refractivity contribution in [1.29, 1.82) is 0 Å². The highest BCUT2D eigenvalue weighted by Gasteiger charge is 2.08. The lowest BCUT2D eigenvalue weighted by atomic mass is 10.1. The number of aromatic nitrogens is 4. The zero-order valence-electron chi connectivity index (χ0n) is 8.57. The highest BCUT2D eigenvalue weighted by atomic mass is 79.9. The molecule has 0 spiro atoms. The predicted octanol–water partition coefficient (Wildman–Crippen LogP) is 2.08. The first-order chi connectivity index (χ1) is 8.24.